The Kier molecular flexibility index (Phi) is 10.2. The normalized spacial score (nSPS) is 9.44. The van der Waals surface area contributed by atoms with Crippen molar-refractivity contribution in [2.24, 2.45) is 0 Å². The molecule has 9 heteroatoms. The molecule has 0 fully saturated rings. The maximum absolute atomic E-state index is 5.01. The number of thiol groups is 3. The van der Waals surface area contributed by atoms with Crippen LogP contribution in [0.3, 0.4) is 0 Å². The molecule has 0 aliphatic rings. The number of nitrogens with one attached hydrogen (secondary N) is 2. The lowest BCUT2D eigenvalue weighted by molar-refractivity contribution is 0.440. The van der Waals surface area contributed by atoms with Gasteiger partial charge in [0, 0.05) is 26.2 Å². The van der Waals surface area contributed by atoms with Gasteiger partial charge in [-0.3, -0.25) is 0 Å². The van der Waals surface area contributed by atoms with E-state index in [1.807, 2.05) is 4.90 Å². The second kappa shape index (κ2) is 9.72. The molecule has 0 aromatic carbocycles. The van der Waals surface area contributed by atoms with E-state index in [-0.39, 0.29) is 0 Å². The van der Waals surface area contributed by atoms with Gasteiger partial charge in [0.15, 0.2) is 0 Å². The molecule has 0 aromatic heterocycles. The highest BCUT2D eigenvalue weighted by Gasteiger charge is 2.05. The van der Waals surface area contributed by atoms with Gasteiger partial charge in [-0.25, -0.2) is 0 Å². The Balaban J connectivity index is 3.84. The third-order valence-corrected chi connectivity index (χ3v) is 2.73. The molecule has 92 valence electrons. The zero-order valence-electron chi connectivity index (χ0n) is 8.34. The average Bonchev–Trinajstić information content (AvgIpc) is 2.14. The molecular formula is C7H13N3S6. The van der Waals surface area contributed by atoms with Crippen LogP contribution in [0.2, 0.25) is 0 Å². The van der Waals surface area contributed by atoms with Crippen LogP contribution in [-0.2, 0) is 0 Å². The average molecular weight is 332 g/mol. The Morgan fingerprint density at radius 1 is 0.875 bits per heavy atom. The van der Waals surface area contributed by atoms with Crippen LogP contribution in [0.15, 0.2) is 0 Å². The van der Waals surface area contributed by atoms with Crippen LogP contribution in [0.4, 0.5) is 0 Å². The molecule has 0 atom stereocenters. The van der Waals surface area contributed by atoms with Gasteiger partial charge >= 0.3 is 0 Å². The van der Waals surface area contributed by atoms with Gasteiger partial charge in [0.1, 0.15) is 13.0 Å². The van der Waals surface area contributed by atoms with Gasteiger partial charge in [0.25, 0.3) is 0 Å². The third kappa shape index (κ3) is 9.91. The number of hydrogen-bond donors (Lipinski definition) is 5. The molecule has 0 saturated heterocycles. The minimum atomic E-state index is 0.472. The highest BCUT2D eigenvalue weighted by atomic mass is 32.1. The number of hydrogen-bond acceptors (Lipinski definition) is 3. The summed E-state index contributed by atoms with van der Waals surface area (Å²) in [4.78, 5) is 1.93. The van der Waals surface area contributed by atoms with E-state index in [9.17, 15) is 0 Å². The smallest absolute Gasteiger partial charge is 0.133 e. The first-order valence-electron chi connectivity index (χ1n) is 4.35. The summed E-state index contributed by atoms with van der Waals surface area (Å²) < 4.78 is 1.48. The fourth-order valence-corrected chi connectivity index (χ4v) is 1.71. The van der Waals surface area contributed by atoms with Crippen LogP contribution in [0.5, 0.6) is 0 Å². The molecule has 0 rings (SSSR count). The van der Waals surface area contributed by atoms with Crippen molar-refractivity contribution < 1.29 is 0 Å². The van der Waals surface area contributed by atoms with Crippen LogP contribution in [0.1, 0.15) is 0 Å². The third-order valence-electron chi connectivity index (χ3n) is 1.59. The zero-order valence-corrected chi connectivity index (χ0v) is 13.5. The second-order valence-electron chi connectivity index (χ2n) is 2.73. The van der Waals surface area contributed by atoms with Gasteiger partial charge in [0.05, 0.1) is 0 Å². The van der Waals surface area contributed by atoms with Crippen LogP contribution < -0.4 is 10.6 Å². The van der Waals surface area contributed by atoms with Crippen molar-refractivity contribution in [3.63, 3.8) is 0 Å². The van der Waals surface area contributed by atoms with E-state index in [0.29, 0.717) is 39.1 Å². The molecule has 0 amide bonds. The quantitative estimate of drug-likeness (QED) is 0.370. The maximum Gasteiger partial charge on any atom is 0.133 e. The number of rotatable bonds is 6. The minimum Gasteiger partial charge on any atom is -0.369 e. The summed E-state index contributed by atoms with van der Waals surface area (Å²) in [6.45, 7) is 2.77. The van der Waals surface area contributed by atoms with Crippen molar-refractivity contribution in [3.05, 3.63) is 0 Å². The van der Waals surface area contributed by atoms with Gasteiger partial charge in [-0.05, 0) is 0 Å². The molecule has 0 unspecified atom stereocenters. The van der Waals surface area contributed by atoms with Crippen molar-refractivity contribution in [2.45, 2.75) is 0 Å². The van der Waals surface area contributed by atoms with Crippen molar-refractivity contribution in [1.82, 2.24) is 15.5 Å². The summed E-state index contributed by atoms with van der Waals surface area (Å²) in [5, 5.41) is 5.86. The summed E-state index contributed by atoms with van der Waals surface area (Å²) in [6.07, 6.45) is 0. The highest BCUT2D eigenvalue weighted by molar-refractivity contribution is 8.11. The Labute approximate surface area is 128 Å². The fraction of sp³-hybridized carbons (Fsp3) is 0.571. The maximum atomic E-state index is 5.01. The lowest BCUT2D eigenvalue weighted by atomic mass is 10.5. The number of thiocarbonyl (C=S) groups is 3. The molecule has 0 saturated carbocycles. The van der Waals surface area contributed by atoms with Gasteiger partial charge in [-0.15, -0.1) is 37.9 Å². The molecule has 0 heterocycles. The summed E-state index contributed by atoms with van der Waals surface area (Å²) in [5.41, 5.74) is 0. The largest absolute Gasteiger partial charge is 0.369 e. The lowest BCUT2D eigenvalue weighted by Gasteiger charge is -2.22. The summed E-state index contributed by atoms with van der Waals surface area (Å²) in [6, 6.07) is 0. The topological polar surface area (TPSA) is 27.3 Å². The van der Waals surface area contributed by atoms with E-state index >= 15 is 0 Å². The van der Waals surface area contributed by atoms with Gasteiger partial charge in [0.2, 0.25) is 0 Å². The molecule has 0 aromatic rings. The molecule has 16 heavy (non-hydrogen) atoms. The second-order valence-corrected chi connectivity index (χ2v) is 6.16. The SMILES string of the molecule is S=C(S)NCCN(CCNC(=S)S)C(=S)S. The molecular weight excluding hydrogens is 318 g/mol. The predicted octanol–water partition coefficient (Wildman–Crippen LogP) is 1.11. The predicted molar refractivity (Wildman–Crippen MR) is 92.3 cm³/mol. The lowest BCUT2D eigenvalue weighted by Crippen LogP contribution is -2.39. The van der Waals surface area contributed by atoms with Crippen LogP contribution in [0, 0.1) is 0 Å². The Morgan fingerprint density at radius 2 is 1.25 bits per heavy atom. The van der Waals surface area contributed by atoms with Crippen LogP contribution in [0.25, 0.3) is 0 Å². The van der Waals surface area contributed by atoms with Crippen molar-refractivity contribution in [1.29, 1.82) is 0 Å². The first-order valence-corrected chi connectivity index (χ1v) is 6.91. The summed E-state index contributed by atoms with van der Waals surface area (Å²) >= 11 is 26.6. The molecule has 0 bridgehead atoms. The van der Waals surface area contributed by atoms with Crippen molar-refractivity contribution in [2.75, 3.05) is 26.2 Å². The van der Waals surface area contributed by atoms with E-state index in [4.69, 9.17) is 36.7 Å². The highest BCUT2D eigenvalue weighted by Crippen LogP contribution is 1.95. The molecule has 0 aliphatic carbocycles. The van der Waals surface area contributed by atoms with E-state index in [1.165, 1.54) is 0 Å². The van der Waals surface area contributed by atoms with E-state index in [0.717, 1.165) is 0 Å². The van der Waals surface area contributed by atoms with Gasteiger partial charge in [-0.2, -0.15) is 0 Å². The molecule has 0 spiro atoms. The molecule has 0 aliphatic heterocycles. The first-order chi connectivity index (χ1) is 7.43. The van der Waals surface area contributed by atoms with Gasteiger partial charge < -0.3 is 15.5 Å². The first kappa shape index (κ1) is 16.7. The van der Waals surface area contributed by atoms with Crippen molar-refractivity contribution >= 4 is 87.5 Å². The van der Waals surface area contributed by atoms with Gasteiger partial charge in [-0.1, -0.05) is 36.7 Å². The Hall–Kier alpha value is 0.720. The van der Waals surface area contributed by atoms with Crippen LogP contribution in [-0.4, -0.2) is 44.0 Å². The van der Waals surface area contributed by atoms with E-state index < -0.39 is 0 Å². The van der Waals surface area contributed by atoms with E-state index in [1.54, 1.807) is 0 Å². The summed E-state index contributed by atoms with van der Waals surface area (Å²) in [5.74, 6) is 0. The summed E-state index contributed by atoms with van der Waals surface area (Å²) in [7, 11) is 0. The molecule has 3 nitrogen and oxygen atoms in total. The van der Waals surface area contributed by atoms with Crippen LogP contribution >= 0.6 is 74.5 Å². The monoisotopic (exact) mass is 331 g/mol. The standard InChI is InChI=1S/C7H13N3S6/c11-5(12)8-1-3-10(7(15)16)4-2-9-6(13)14/h1-4H2,(H,15,16)(H2,8,11,12)(H2,9,13,14). The number of nitrogens with zero attached hydrogens (tertiary/aromatic N) is 1. The van der Waals surface area contributed by atoms with Crippen molar-refractivity contribution in [3.8, 4) is 0 Å². The Morgan fingerprint density at radius 3 is 1.50 bits per heavy atom. The Bertz CT molecular complexity index is 249. The minimum absolute atomic E-state index is 0.472. The molecule has 2 N–H and O–H groups in total. The molecule has 0 radical (unpaired) electrons. The van der Waals surface area contributed by atoms with E-state index in [2.05, 4.69) is 48.5 Å². The zero-order chi connectivity index (χ0) is 12.6. The fourth-order valence-electron chi connectivity index (χ4n) is 0.899.